The van der Waals surface area contributed by atoms with E-state index >= 15 is 0 Å². The minimum absolute atomic E-state index is 0.556. The SMILES string of the molecule is COc1ccc(S(=O)NCC2CCC(CNc3nc(N(C)C)c4ccccc4n3)CC2)cc1. The van der Waals surface area contributed by atoms with Crippen molar-refractivity contribution in [1.82, 2.24) is 14.7 Å². The number of nitrogens with one attached hydrogen (secondary N) is 2. The molecule has 1 saturated carbocycles. The van der Waals surface area contributed by atoms with Gasteiger partial charge in [0.2, 0.25) is 5.95 Å². The van der Waals surface area contributed by atoms with Gasteiger partial charge in [-0.15, -0.1) is 0 Å². The zero-order valence-electron chi connectivity index (χ0n) is 19.6. The molecular formula is C25H33N5O2S. The van der Waals surface area contributed by atoms with E-state index in [4.69, 9.17) is 14.7 Å². The number of ether oxygens (including phenoxy) is 1. The fraction of sp³-hybridized carbons (Fsp3) is 0.440. The highest BCUT2D eigenvalue weighted by Gasteiger charge is 2.22. The number of aromatic nitrogens is 2. The van der Waals surface area contributed by atoms with Gasteiger partial charge in [-0.25, -0.2) is 13.9 Å². The first-order chi connectivity index (χ1) is 16.0. The van der Waals surface area contributed by atoms with Crippen molar-refractivity contribution in [3.05, 3.63) is 48.5 Å². The van der Waals surface area contributed by atoms with Crippen molar-refractivity contribution >= 4 is 33.7 Å². The van der Waals surface area contributed by atoms with E-state index in [0.29, 0.717) is 17.8 Å². The largest absolute Gasteiger partial charge is 0.497 e. The number of anilines is 2. The van der Waals surface area contributed by atoms with E-state index in [2.05, 4.69) is 16.1 Å². The number of fused-ring (bicyclic) bond motifs is 1. The van der Waals surface area contributed by atoms with Crippen LogP contribution in [0.2, 0.25) is 0 Å². The molecule has 33 heavy (non-hydrogen) atoms. The molecule has 2 N–H and O–H groups in total. The van der Waals surface area contributed by atoms with Crippen LogP contribution in [0.25, 0.3) is 10.9 Å². The van der Waals surface area contributed by atoms with Crippen molar-refractivity contribution in [1.29, 1.82) is 0 Å². The van der Waals surface area contributed by atoms with Gasteiger partial charge in [0.1, 0.15) is 22.6 Å². The van der Waals surface area contributed by atoms with Gasteiger partial charge in [0, 0.05) is 32.6 Å². The van der Waals surface area contributed by atoms with Crippen molar-refractivity contribution in [2.75, 3.05) is 44.5 Å². The summed E-state index contributed by atoms with van der Waals surface area (Å²) in [4.78, 5) is 12.3. The summed E-state index contributed by atoms with van der Waals surface area (Å²) in [6.45, 7) is 1.65. The van der Waals surface area contributed by atoms with E-state index in [1.165, 1.54) is 0 Å². The Balaban J connectivity index is 1.24. The van der Waals surface area contributed by atoms with Crippen LogP contribution in [0.3, 0.4) is 0 Å². The number of hydrogen-bond donors (Lipinski definition) is 2. The van der Waals surface area contributed by atoms with Gasteiger partial charge in [-0.2, -0.15) is 4.98 Å². The Bertz CT molecular complexity index is 1080. The highest BCUT2D eigenvalue weighted by atomic mass is 32.2. The minimum atomic E-state index is -1.19. The quantitative estimate of drug-likeness (QED) is 0.490. The monoisotopic (exact) mass is 467 g/mol. The Morgan fingerprint density at radius 3 is 2.30 bits per heavy atom. The topological polar surface area (TPSA) is 79.4 Å². The van der Waals surface area contributed by atoms with Gasteiger partial charge >= 0.3 is 0 Å². The van der Waals surface area contributed by atoms with Gasteiger partial charge in [0.25, 0.3) is 0 Å². The Labute approximate surface area is 198 Å². The van der Waals surface area contributed by atoms with E-state index in [1.807, 2.05) is 61.5 Å². The van der Waals surface area contributed by atoms with Crippen LogP contribution in [0, 0.1) is 11.8 Å². The Morgan fingerprint density at radius 2 is 1.64 bits per heavy atom. The van der Waals surface area contributed by atoms with Crippen molar-refractivity contribution in [3.8, 4) is 5.75 Å². The number of rotatable bonds is 9. The highest BCUT2D eigenvalue weighted by molar-refractivity contribution is 7.83. The summed E-state index contributed by atoms with van der Waals surface area (Å²) in [5.41, 5.74) is 0.957. The molecule has 0 saturated heterocycles. The Morgan fingerprint density at radius 1 is 0.970 bits per heavy atom. The van der Waals surface area contributed by atoms with Gasteiger partial charge in [0.15, 0.2) is 0 Å². The molecule has 1 aliphatic carbocycles. The lowest BCUT2D eigenvalue weighted by Crippen LogP contribution is -2.29. The Kier molecular flexibility index (Phi) is 7.77. The molecular weight excluding hydrogens is 434 g/mol. The molecule has 1 atom stereocenters. The van der Waals surface area contributed by atoms with Crippen molar-refractivity contribution in [2.24, 2.45) is 11.8 Å². The second kappa shape index (κ2) is 10.9. The van der Waals surface area contributed by atoms with Gasteiger partial charge in [-0.1, -0.05) is 12.1 Å². The molecule has 0 bridgehead atoms. The zero-order valence-corrected chi connectivity index (χ0v) is 20.4. The molecule has 1 aromatic heterocycles. The van der Waals surface area contributed by atoms with Crippen LogP contribution in [0.5, 0.6) is 5.75 Å². The third-order valence-corrected chi connectivity index (χ3v) is 7.43. The number of benzene rings is 2. The number of nitrogens with zero attached hydrogens (tertiary/aromatic N) is 3. The number of methoxy groups -OCH3 is 1. The number of hydrogen-bond acceptors (Lipinski definition) is 6. The highest BCUT2D eigenvalue weighted by Crippen LogP contribution is 2.29. The maximum atomic E-state index is 12.5. The summed E-state index contributed by atoms with van der Waals surface area (Å²) in [5, 5.41) is 4.54. The summed E-state index contributed by atoms with van der Waals surface area (Å²) >= 11 is 0. The molecule has 1 aliphatic rings. The molecule has 0 radical (unpaired) electrons. The van der Waals surface area contributed by atoms with Gasteiger partial charge in [0.05, 0.1) is 17.5 Å². The molecule has 1 unspecified atom stereocenters. The average Bonchev–Trinajstić information content (AvgIpc) is 2.86. The van der Waals surface area contributed by atoms with Crippen LogP contribution in [0.1, 0.15) is 25.7 Å². The lowest BCUT2D eigenvalue weighted by atomic mass is 9.82. The first kappa shape index (κ1) is 23.4. The summed E-state index contributed by atoms with van der Waals surface area (Å²) in [6.07, 6.45) is 4.59. The molecule has 7 nitrogen and oxygen atoms in total. The molecule has 0 amide bonds. The van der Waals surface area contributed by atoms with Crippen molar-refractivity contribution < 1.29 is 8.95 Å². The van der Waals surface area contributed by atoms with E-state index < -0.39 is 11.0 Å². The summed E-state index contributed by atoms with van der Waals surface area (Å²) in [5.74, 6) is 3.56. The van der Waals surface area contributed by atoms with Crippen LogP contribution >= 0.6 is 0 Å². The van der Waals surface area contributed by atoms with Crippen LogP contribution in [-0.4, -0.2) is 48.5 Å². The molecule has 0 spiro atoms. The van der Waals surface area contributed by atoms with Gasteiger partial charge in [-0.05, 0) is 73.9 Å². The van der Waals surface area contributed by atoms with Crippen molar-refractivity contribution in [2.45, 2.75) is 30.6 Å². The minimum Gasteiger partial charge on any atom is -0.497 e. The predicted octanol–water partition coefficient (Wildman–Crippen LogP) is 4.24. The smallest absolute Gasteiger partial charge is 0.225 e. The maximum Gasteiger partial charge on any atom is 0.225 e. The fourth-order valence-electron chi connectivity index (χ4n) is 4.33. The molecule has 1 heterocycles. The van der Waals surface area contributed by atoms with E-state index in [9.17, 15) is 4.21 Å². The van der Waals surface area contributed by atoms with Crippen LogP contribution in [-0.2, 0) is 11.0 Å². The third-order valence-electron chi connectivity index (χ3n) is 6.30. The van der Waals surface area contributed by atoms with Crippen LogP contribution < -0.4 is 19.7 Å². The molecule has 0 aliphatic heterocycles. The molecule has 2 aromatic carbocycles. The maximum absolute atomic E-state index is 12.5. The molecule has 1 fully saturated rings. The summed E-state index contributed by atoms with van der Waals surface area (Å²) in [6, 6.07) is 15.5. The predicted molar refractivity (Wildman–Crippen MR) is 135 cm³/mol. The zero-order chi connectivity index (χ0) is 23.2. The van der Waals surface area contributed by atoms with E-state index in [1.54, 1.807) is 7.11 Å². The average molecular weight is 468 g/mol. The molecule has 3 aromatic rings. The normalized spacial score (nSPS) is 19.2. The second-order valence-corrected chi connectivity index (χ2v) is 10.1. The van der Waals surface area contributed by atoms with Crippen molar-refractivity contribution in [3.63, 3.8) is 0 Å². The third kappa shape index (κ3) is 6.00. The lowest BCUT2D eigenvalue weighted by molar-refractivity contribution is 0.285. The first-order valence-corrected chi connectivity index (χ1v) is 12.7. The van der Waals surface area contributed by atoms with E-state index in [0.717, 1.165) is 66.1 Å². The number of para-hydroxylation sites is 1. The molecule has 4 rings (SSSR count). The molecule has 8 heteroatoms. The van der Waals surface area contributed by atoms with Crippen LogP contribution in [0.15, 0.2) is 53.4 Å². The second-order valence-electron chi connectivity index (χ2n) is 8.84. The van der Waals surface area contributed by atoms with Gasteiger partial charge in [-0.3, -0.25) is 0 Å². The van der Waals surface area contributed by atoms with Crippen LogP contribution in [0.4, 0.5) is 11.8 Å². The summed E-state index contributed by atoms with van der Waals surface area (Å²) < 4.78 is 20.9. The fourth-order valence-corrected chi connectivity index (χ4v) is 5.27. The summed E-state index contributed by atoms with van der Waals surface area (Å²) in [7, 11) is 4.46. The standard InChI is InChI=1S/C25H33N5O2S/c1-30(2)24-22-6-4-5-7-23(22)28-25(29-24)26-16-18-8-10-19(11-9-18)17-27-33(31)21-14-12-20(32-3)13-15-21/h4-7,12-15,18-19,27H,8-11,16-17H2,1-3H3,(H,26,28,29). The Hall–Kier alpha value is -2.71. The first-order valence-electron chi connectivity index (χ1n) is 11.5. The van der Waals surface area contributed by atoms with Gasteiger partial charge < -0.3 is 15.0 Å². The lowest BCUT2D eigenvalue weighted by Gasteiger charge is -2.28. The van der Waals surface area contributed by atoms with E-state index in [-0.39, 0.29) is 0 Å². The molecule has 176 valence electrons.